The second-order valence-electron chi connectivity index (χ2n) is 8.84. The van der Waals surface area contributed by atoms with Gasteiger partial charge in [0, 0.05) is 76.0 Å². The third-order valence-electron chi connectivity index (χ3n) is 6.54. The molecule has 8 nitrogen and oxygen atoms in total. The molecule has 172 valence electrons. The van der Waals surface area contributed by atoms with Crippen molar-refractivity contribution in [2.45, 2.75) is 25.4 Å². The Bertz CT molecular complexity index is 852. The molecule has 0 bridgehead atoms. The van der Waals surface area contributed by atoms with Crippen LogP contribution in [0.2, 0.25) is 0 Å². The van der Waals surface area contributed by atoms with Crippen molar-refractivity contribution in [3.8, 4) is 0 Å². The lowest BCUT2D eigenvalue weighted by atomic mass is 10.1. The number of hydrogen-bond donors (Lipinski definition) is 1. The quantitative estimate of drug-likeness (QED) is 0.737. The van der Waals surface area contributed by atoms with Crippen LogP contribution in [0.5, 0.6) is 0 Å². The van der Waals surface area contributed by atoms with E-state index in [4.69, 9.17) is 14.5 Å². The maximum atomic E-state index is 5.48. The van der Waals surface area contributed by atoms with Gasteiger partial charge in [-0.3, -0.25) is 4.90 Å². The molecule has 0 aromatic carbocycles. The average Bonchev–Trinajstić information content (AvgIpc) is 2.86. The fraction of sp³-hybridized carbons (Fsp3) is 0.583. The first-order valence-electron chi connectivity index (χ1n) is 11.9. The molecule has 2 aromatic rings. The summed E-state index contributed by atoms with van der Waals surface area (Å²) < 4.78 is 10.9. The first-order chi connectivity index (χ1) is 15.8. The van der Waals surface area contributed by atoms with E-state index in [1.165, 1.54) is 11.3 Å². The number of aromatic nitrogens is 2. The van der Waals surface area contributed by atoms with Gasteiger partial charge in [-0.15, -0.1) is 0 Å². The minimum Gasteiger partial charge on any atom is -0.379 e. The SMILES string of the molecule is c1cc(N2CCOCC2)cc(N[C@@H]2CCCN(c3ccc(CN4CCOCC4)cn3)C2)n1. The van der Waals surface area contributed by atoms with Gasteiger partial charge in [0.2, 0.25) is 0 Å². The van der Waals surface area contributed by atoms with Gasteiger partial charge in [0.25, 0.3) is 0 Å². The zero-order valence-electron chi connectivity index (χ0n) is 18.8. The van der Waals surface area contributed by atoms with Crippen LogP contribution in [-0.2, 0) is 16.0 Å². The number of ether oxygens (including phenoxy) is 2. The average molecular weight is 439 g/mol. The smallest absolute Gasteiger partial charge is 0.128 e. The van der Waals surface area contributed by atoms with Gasteiger partial charge in [-0.1, -0.05) is 6.07 Å². The van der Waals surface area contributed by atoms with E-state index in [-0.39, 0.29) is 0 Å². The van der Waals surface area contributed by atoms with Crippen molar-refractivity contribution in [3.05, 3.63) is 42.2 Å². The molecular formula is C24H34N6O2. The van der Waals surface area contributed by atoms with Crippen LogP contribution >= 0.6 is 0 Å². The second-order valence-corrected chi connectivity index (χ2v) is 8.84. The van der Waals surface area contributed by atoms with Crippen LogP contribution in [0.3, 0.4) is 0 Å². The minimum absolute atomic E-state index is 0.367. The predicted octanol–water partition coefficient (Wildman–Crippen LogP) is 2.23. The molecule has 3 saturated heterocycles. The Balaban J connectivity index is 1.17. The number of nitrogens with zero attached hydrogens (tertiary/aromatic N) is 5. The maximum Gasteiger partial charge on any atom is 0.128 e. The third kappa shape index (κ3) is 5.49. The van der Waals surface area contributed by atoms with Crippen molar-refractivity contribution in [1.82, 2.24) is 14.9 Å². The molecule has 2 aromatic heterocycles. The second kappa shape index (κ2) is 10.5. The lowest BCUT2D eigenvalue weighted by Gasteiger charge is -2.34. The number of piperidine rings is 1. The number of hydrogen-bond acceptors (Lipinski definition) is 8. The molecule has 0 unspecified atom stereocenters. The molecule has 3 aliphatic rings. The van der Waals surface area contributed by atoms with Crippen molar-refractivity contribution >= 4 is 17.3 Å². The maximum absolute atomic E-state index is 5.48. The van der Waals surface area contributed by atoms with E-state index in [9.17, 15) is 0 Å². The summed E-state index contributed by atoms with van der Waals surface area (Å²) in [6.45, 7) is 10.1. The molecule has 32 heavy (non-hydrogen) atoms. The minimum atomic E-state index is 0.367. The Labute approximate surface area is 190 Å². The molecule has 5 rings (SSSR count). The molecule has 0 aliphatic carbocycles. The molecule has 0 spiro atoms. The molecule has 3 fully saturated rings. The molecular weight excluding hydrogens is 404 g/mol. The molecule has 5 heterocycles. The normalized spacial score (nSPS) is 22.7. The molecule has 1 N–H and O–H groups in total. The molecule has 1 atom stereocenters. The van der Waals surface area contributed by atoms with E-state index in [1.54, 1.807) is 0 Å². The molecule has 0 saturated carbocycles. The lowest BCUT2D eigenvalue weighted by Crippen LogP contribution is -2.42. The van der Waals surface area contributed by atoms with Crippen LogP contribution in [-0.4, -0.2) is 86.6 Å². The standard InChI is InChI=1S/C24H34N6O2/c1-2-21(27-23-16-22(5-6-25-23)29-10-14-32-15-11-29)19-30(7-1)24-4-3-20(17-26-24)18-28-8-12-31-13-9-28/h3-6,16-17,21H,1-2,7-15,18-19H2,(H,25,27)/t21-/m1/s1. The Morgan fingerprint density at radius 3 is 2.50 bits per heavy atom. The van der Waals surface area contributed by atoms with Crippen molar-refractivity contribution < 1.29 is 9.47 Å². The van der Waals surface area contributed by atoms with Gasteiger partial charge in [0.05, 0.1) is 26.4 Å². The van der Waals surface area contributed by atoms with E-state index in [0.29, 0.717) is 6.04 Å². The predicted molar refractivity (Wildman–Crippen MR) is 126 cm³/mol. The number of anilines is 3. The molecule has 0 radical (unpaired) electrons. The van der Waals surface area contributed by atoms with Gasteiger partial charge < -0.3 is 24.6 Å². The van der Waals surface area contributed by atoms with E-state index in [2.05, 4.69) is 49.3 Å². The van der Waals surface area contributed by atoms with Gasteiger partial charge in [0.15, 0.2) is 0 Å². The first kappa shape index (κ1) is 21.4. The number of rotatable bonds is 6. The summed E-state index contributed by atoms with van der Waals surface area (Å²) in [7, 11) is 0. The topological polar surface area (TPSA) is 66.0 Å². The summed E-state index contributed by atoms with van der Waals surface area (Å²) in [4.78, 5) is 16.6. The van der Waals surface area contributed by atoms with Crippen LogP contribution in [0.4, 0.5) is 17.3 Å². The summed E-state index contributed by atoms with van der Waals surface area (Å²) in [5, 5.41) is 3.67. The summed E-state index contributed by atoms with van der Waals surface area (Å²) in [6.07, 6.45) is 6.24. The van der Waals surface area contributed by atoms with Crippen molar-refractivity contribution in [2.24, 2.45) is 0 Å². The zero-order valence-corrected chi connectivity index (χ0v) is 18.8. The lowest BCUT2D eigenvalue weighted by molar-refractivity contribution is 0.0341. The summed E-state index contributed by atoms with van der Waals surface area (Å²) in [5.41, 5.74) is 2.49. The summed E-state index contributed by atoms with van der Waals surface area (Å²) in [6, 6.07) is 9.03. The van der Waals surface area contributed by atoms with Gasteiger partial charge >= 0.3 is 0 Å². The fourth-order valence-corrected chi connectivity index (χ4v) is 4.74. The van der Waals surface area contributed by atoms with E-state index in [0.717, 1.165) is 96.7 Å². The molecule has 0 amide bonds. The van der Waals surface area contributed by atoms with E-state index >= 15 is 0 Å². The zero-order chi connectivity index (χ0) is 21.6. The highest BCUT2D eigenvalue weighted by atomic mass is 16.5. The van der Waals surface area contributed by atoms with E-state index in [1.807, 2.05) is 12.4 Å². The van der Waals surface area contributed by atoms with Crippen LogP contribution in [0.1, 0.15) is 18.4 Å². The van der Waals surface area contributed by atoms with Crippen LogP contribution in [0.15, 0.2) is 36.7 Å². The van der Waals surface area contributed by atoms with Gasteiger partial charge in [-0.2, -0.15) is 0 Å². The Kier molecular flexibility index (Phi) is 7.01. The molecule has 3 aliphatic heterocycles. The number of morpholine rings is 2. The first-order valence-corrected chi connectivity index (χ1v) is 11.9. The molecule has 8 heteroatoms. The van der Waals surface area contributed by atoms with Gasteiger partial charge in [-0.25, -0.2) is 9.97 Å². The fourth-order valence-electron chi connectivity index (χ4n) is 4.74. The summed E-state index contributed by atoms with van der Waals surface area (Å²) in [5.74, 6) is 2.02. The number of pyridine rings is 2. The largest absolute Gasteiger partial charge is 0.379 e. The monoisotopic (exact) mass is 438 g/mol. The Hall–Kier alpha value is -2.42. The Morgan fingerprint density at radius 1 is 0.906 bits per heavy atom. The van der Waals surface area contributed by atoms with Crippen LogP contribution in [0, 0.1) is 0 Å². The van der Waals surface area contributed by atoms with Crippen molar-refractivity contribution in [1.29, 1.82) is 0 Å². The van der Waals surface area contributed by atoms with Gasteiger partial charge in [0.1, 0.15) is 11.6 Å². The highest BCUT2D eigenvalue weighted by Crippen LogP contribution is 2.23. The van der Waals surface area contributed by atoms with E-state index < -0.39 is 0 Å². The summed E-state index contributed by atoms with van der Waals surface area (Å²) >= 11 is 0. The highest BCUT2D eigenvalue weighted by Gasteiger charge is 2.22. The van der Waals surface area contributed by atoms with Crippen molar-refractivity contribution in [3.63, 3.8) is 0 Å². The van der Waals surface area contributed by atoms with Crippen LogP contribution < -0.4 is 15.1 Å². The Morgan fingerprint density at radius 2 is 1.72 bits per heavy atom. The highest BCUT2D eigenvalue weighted by molar-refractivity contribution is 5.54. The third-order valence-corrected chi connectivity index (χ3v) is 6.54. The van der Waals surface area contributed by atoms with Gasteiger partial charge in [-0.05, 0) is 30.5 Å². The van der Waals surface area contributed by atoms with Crippen LogP contribution in [0.25, 0.3) is 0 Å². The number of nitrogens with one attached hydrogen (secondary N) is 1. The van der Waals surface area contributed by atoms with Crippen molar-refractivity contribution in [2.75, 3.05) is 80.8 Å².